The van der Waals surface area contributed by atoms with Gasteiger partial charge in [0.1, 0.15) is 11.4 Å². The molecule has 0 aliphatic carbocycles. The van der Waals surface area contributed by atoms with Crippen LogP contribution in [0.3, 0.4) is 0 Å². The molecule has 28 heavy (non-hydrogen) atoms. The van der Waals surface area contributed by atoms with Gasteiger partial charge in [-0.25, -0.2) is 9.78 Å². The molecule has 1 aliphatic heterocycles. The molecule has 3 heterocycles. The number of hydrogen-bond donors (Lipinski definition) is 1. The Bertz CT molecular complexity index is 1050. The maximum atomic E-state index is 12.1. The lowest BCUT2D eigenvalue weighted by atomic mass is 10.0. The Morgan fingerprint density at radius 2 is 2.04 bits per heavy atom. The van der Waals surface area contributed by atoms with E-state index in [2.05, 4.69) is 28.2 Å². The molecule has 6 heteroatoms. The number of amides is 2. The second-order valence-electron chi connectivity index (χ2n) is 7.11. The van der Waals surface area contributed by atoms with Gasteiger partial charge in [-0.3, -0.25) is 0 Å². The minimum Gasteiger partial charge on any atom is -0.496 e. The maximum Gasteiger partial charge on any atom is 0.319 e. The molecule has 2 amide bonds. The number of carbonyl (C=O) groups is 1. The molecule has 0 fully saturated rings. The first-order valence-corrected chi connectivity index (χ1v) is 9.35. The van der Waals surface area contributed by atoms with Crippen molar-refractivity contribution >= 4 is 22.6 Å². The molecule has 2 aromatic heterocycles. The van der Waals surface area contributed by atoms with E-state index in [0.717, 1.165) is 40.0 Å². The van der Waals surface area contributed by atoms with Crippen molar-refractivity contribution in [3.8, 4) is 16.9 Å². The molecule has 0 spiro atoms. The van der Waals surface area contributed by atoms with Crippen LogP contribution in [-0.2, 0) is 0 Å². The summed E-state index contributed by atoms with van der Waals surface area (Å²) < 4.78 is 5.54. The molecule has 0 radical (unpaired) electrons. The number of hydrogen-bond acceptors (Lipinski definition) is 3. The van der Waals surface area contributed by atoms with Gasteiger partial charge in [0.15, 0.2) is 0 Å². The van der Waals surface area contributed by atoms with Gasteiger partial charge in [0.2, 0.25) is 0 Å². The molecule has 0 atom stereocenters. The molecule has 6 nitrogen and oxygen atoms in total. The quantitative estimate of drug-likeness (QED) is 0.751. The summed E-state index contributed by atoms with van der Waals surface area (Å²) in [6.07, 6.45) is 4.76. The van der Waals surface area contributed by atoms with E-state index < -0.39 is 0 Å². The number of aromatic nitrogens is 2. The largest absolute Gasteiger partial charge is 0.496 e. The number of methoxy groups -OCH3 is 1. The lowest BCUT2D eigenvalue weighted by Crippen LogP contribution is -2.41. The average molecular weight is 376 g/mol. The van der Waals surface area contributed by atoms with Crippen molar-refractivity contribution in [1.29, 1.82) is 0 Å². The van der Waals surface area contributed by atoms with Crippen molar-refractivity contribution in [3.63, 3.8) is 0 Å². The molecule has 1 aromatic carbocycles. The first-order valence-electron chi connectivity index (χ1n) is 9.35. The van der Waals surface area contributed by atoms with Crippen LogP contribution in [0.25, 0.3) is 27.7 Å². The molecule has 3 aromatic rings. The van der Waals surface area contributed by atoms with E-state index >= 15 is 0 Å². The number of urea groups is 1. The van der Waals surface area contributed by atoms with Crippen molar-refractivity contribution in [2.24, 2.45) is 0 Å². The number of para-hydroxylation sites is 1. The van der Waals surface area contributed by atoms with E-state index in [9.17, 15) is 4.79 Å². The van der Waals surface area contributed by atoms with Gasteiger partial charge in [-0.15, -0.1) is 0 Å². The predicted octanol–water partition coefficient (Wildman–Crippen LogP) is 4.01. The first kappa shape index (κ1) is 18.1. The first-order chi connectivity index (χ1) is 13.6. The zero-order valence-electron chi connectivity index (χ0n) is 16.4. The minimum atomic E-state index is 0.0482. The Kier molecular flexibility index (Phi) is 4.77. The molecule has 4 rings (SSSR count). The summed E-state index contributed by atoms with van der Waals surface area (Å²) in [5.41, 5.74) is 5.26. The highest BCUT2D eigenvalue weighted by Gasteiger charge is 2.20. The molecule has 144 valence electrons. The summed E-state index contributed by atoms with van der Waals surface area (Å²) in [6.45, 7) is 1.33. The number of pyridine rings is 1. The van der Waals surface area contributed by atoms with Crippen molar-refractivity contribution in [3.05, 3.63) is 54.4 Å². The molecule has 0 saturated carbocycles. The standard InChI is InChI=1S/C22H24N4O2/c1-25(2)22(27)26-12-9-15(10-13-26)19-14-18-16(8-11-23-21(18)24-19)17-6-4-5-7-20(17)28-3/h4-9,11,14H,10,12-13H2,1-3H3,(H,23,24). The summed E-state index contributed by atoms with van der Waals surface area (Å²) >= 11 is 0. The van der Waals surface area contributed by atoms with Crippen LogP contribution in [0.1, 0.15) is 12.1 Å². The summed E-state index contributed by atoms with van der Waals surface area (Å²) in [4.78, 5) is 23.6. The fraction of sp³-hybridized carbons (Fsp3) is 0.273. The lowest BCUT2D eigenvalue weighted by molar-refractivity contribution is 0.176. The van der Waals surface area contributed by atoms with Gasteiger partial charge < -0.3 is 19.5 Å². The predicted molar refractivity (Wildman–Crippen MR) is 111 cm³/mol. The van der Waals surface area contributed by atoms with Crippen LogP contribution < -0.4 is 4.74 Å². The van der Waals surface area contributed by atoms with Gasteiger partial charge in [0.05, 0.1) is 7.11 Å². The van der Waals surface area contributed by atoms with Gasteiger partial charge in [0.25, 0.3) is 0 Å². The zero-order chi connectivity index (χ0) is 19.7. The molecular weight excluding hydrogens is 352 g/mol. The zero-order valence-corrected chi connectivity index (χ0v) is 16.4. The van der Waals surface area contributed by atoms with E-state index in [-0.39, 0.29) is 6.03 Å². The van der Waals surface area contributed by atoms with Crippen LogP contribution in [0.5, 0.6) is 5.75 Å². The number of H-pyrrole nitrogens is 1. The lowest BCUT2D eigenvalue weighted by Gasteiger charge is -2.28. The van der Waals surface area contributed by atoms with E-state index in [4.69, 9.17) is 4.74 Å². The molecular formula is C22H24N4O2. The van der Waals surface area contributed by atoms with Crippen LogP contribution in [0.4, 0.5) is 4.79 Å². The normalized spacial score (nSPS) is 14.1. The van der Waals surface area contributed by atoms with E-state index in [1.165, 1.54) is 5.57 Å². The Morgan fingerprint density at radius 3 is 2.75 bits per heavy atom. The van der Waals surface area contributed by atoms with Gasteiger partial charge >= 0.3 is 6.03 Å². The van der Waals surface area contributed by atoms with Gasteiger partial charge in [0, 0.05) is 50.0 Å². The fourth-order valence-corrected chi connectivity index (χ4v) is 3.67. The number of fused-ring (bicyclic) bond motifs is 1. The number of benzene rings is 1. The second kappa shape index (κ2) is 7.38. The van der Waals surface area contributed by atoms with Crippen molar-refractivity contribution in [2.75, 3.05) is 34.3 Å². The topological polar surface area (TPSA) is 61.5 Å². The minimum absolute atomic E-state index is 0.0482. The van der Waals surface area contributed by atoms with E-state index in [1.54, 1.807) is 26.1 Å². The number of nitrogens with zero attached hydrogens (tertiary/aromatic N) is 3. The summed E-state index contributed by atoms with van der Waals surface area (Å²) in [7, 11) is 5.25. The van der Waals surface area contributed by atoms with Crippen LogP contribution >= 0.6 is 0 Å². The monoisotopic (exact) mass is 376 g/mol. The molecule has 1 N–H and O–H groups in total. The molecule has 1 aliphatic rings. The smallest absolute Gasteiger partial charge is 0.319 e. The van der Waals surface area contributed by atoms with Gasteiger partial charge in [-0.05, 0) is 35.8 Å². The van der Waals surface area contributed by atoms with Crippen LogP contribution in [0.2, 0.25) is 0 Å². The Morgan fingerprint density at radius 1 is 1.21 bits per heavy atom. The van der Waals surface area contributed by atoms with E-state index in [0.29, 0.717) is 13.1 Å². The molecule has 0 bridgehead atoms. The van der Waals surface area contributed by atoms with Crippen LogP contribution in [0, 0.1) is 0 Å². The van der Waals surface area contributed by atoms with Crippen molar-refractivity contribution in [2.45, 2.75) is 6.42 Å². The van der Waals surface area contributed by atoms with Crippen LogP contribution in [0.15, 0.2) is 48.7 Å². The summed E-state index contributed by atoms with van der Waals surface area (Å²) in [6, 6.07) is 12.2. The second-order valence-corrected chi connectivity index (χ2v) is 7.11. The average Bonchev–Trinajstić information content (AvgIpc) is 3.17. The molecule has 0 saturated heterocycles. The van der Waals surface area contributed by atoms with Crippen molar-refractivity contribution in [1.82, 2.24) is 19.8 Å². The highest BCUT2D eigenvalue weighted by molar-refractivity contribution is 5.96. The third-order valence-electron chi connectivity index (χ3n) is 5.14. The maximum absolute atomic E-state index is 12.1. The molecule has 0 unspecified atom stereocenters. The van der Waals surface area contributed by atoms with Crippen molar-refractivity contribution < 1.29 is 9.53 Å². The number of nitrogens with one attached hydrogen (secondary N) is 1. The van der Waals surface area contributed by atoms with Gasteiger partial charge in [-0.2, -0.15) is 0 Å². The number of ether oxygens (including phenoxy) is 1. The number of aromatic amines is 1. The highest BCUT2D eigenvalue weighted by Crippen LogP contribution is 2.35. The summed E-state index contributed by atoms with van der Waals surface area (Å²) in [5.74, 6) is 0.840. The SMILES string of the molecule is COc1ccccc1-c1ccnc2[nH]c(C3=CCN(C(=O)N(C)C)CC3)cc12. The number of carbonyl (C=O) groups excluding carboxylic acids is 1. The fourth-order valence-electron chi connectivity index (χ4n) is 3.67. The van der Waals surface area contributed by atoms with E-state index in [1.807, 2.05) is 35.4 Å². The third kappa shape index (κ3) is 3.22. The Hall–Kier alpha value is -3.28. The summed E-state index contributed by atoms with van der Waals surface area (Å²) in [5, 5.41) is 1.06. The van der Waals surface area contributed by atoms with Crippen LogP contribution in [-0.4, -0.2) is 60.1 Å². The Balaban J connectivity index is 1.69. The highest BCUT2D eigenvalue weighted by atomic mass is 16.5. The Labute approximate surface area is 164 Å². The van der Waals surface area contributed by atoms with Gasteiger partial charge in [-0.1, -0.05) is 24.3 Å². The number of rotatable bonds is 3. The third-order valence-corrected chi connectivity index (χ3v) is 5.14.